The van der Waals surface area contributed by atoms with Gasteiger partial charge in [-0.2, -0.15) is 0 Å². The zero-order chi connectivity index (χ0) is 21.1. The lowest BCUT2D eigenvalue weighted by atomic mass is 10.1. The van der Waals surface area contributed by atoms with Crippen molar-refractivity contribution in [3.8, 4) is 11.1 Å². The number of nitro benzene ring substituents is 1. The van der Waals surface area contributed by atoms with Gasteiger partial charge < -0.3 is 4.74 Å². The summed E-state index contributed by atoms with van der Waals surface area (Å²) in [5, 5.41) is 13.2. The molecular formula is C20H21N3O5S. The number of esters is 1. The van der Waals surface area contributed by atoms with Gasteiger partial charge in [-0.05, 0) is 17.9 Å². The summed E-state index contributed by atoms with van der Waals surface area (Å²) in [4.78, 5) is 41.2. The third kappa shape index (κ3) is 4.19. The van der Waals surface area contributed by atoms with Crippen molar-refractivity contribution in [1.82, 2.24) is 9.55 Å². The van der Waals surface area contributed by atoms with Crippen LogP contribution >= 0.6 is 11.3 Å². The summed E-state index contributed by atoms with van der Waals surface area (Å²) in [5.74, 6) is -0.289. The van der Waals surface area contributed by atoms with Crippen LogP contribution in [0.4, 0.5) is 5.69 Å². The smallest absolute Gasteiger partial charge is 0.329 e. The van der Waals surface area contributed by atoms with E-state index in [9.17, 15) is 19.7 Å². The number of aromatic nitrogens is 2. The Bertz CT molecular complexity index is 1120. The van der Waals surface area contributed by atoms with Gasteiger partial charge >= 0.3 is 5.97 Å². The average Bonchev–Trinajstić information content (AvgIpc) is 3.13. The molecule has 2 aromatic heterocycles. The van der Waals surface area contributed by atoms with Crippen LogP contribution in [0, 0.1) is 16.0 Å². The summed E-state index contributed by atoms with van der Waals surface area (Å²) in [6.45, 7) is 5.94. The molecule has 0 saturated carbocycles. The number of carbonyl (C=O) groups is 1. The fourth-order valence-corrected chi connectivity index (χ4v) is 3.90. The molecule has 0 aliphatic heterocycles. The molecular weight excluding hydrogens is 394 g/mol. The third-order valence-corrected chi connectivity index (χ3v) is 5.33. The second-order valence-corrected chi connectivity index (χ2v) is 7.90. The van der Waals surface area contributed by atoms with Crippen molar-refractivity contribution < 1.29 is 14.5 Å². The topological polar surface area (TPSA) is 104 Å². The molecule has 2 heterocycles. The van der Waals surface area contributed by atoms with Crippen LogP contribution in [0.2, 0.25) is 0 Å². The van der Waals surface area contributed by atoms with E-state index >= 15 is 0 Å². The molecule has 0 spiro atoms. The molecule has 152 valence electrons. The van der Waals surface area contributed by atoms with E-state index in [1.807, 2.05) is 13.8 Å². The van der Waals surface area contributed by atoms with Crippen LogP contribution in [-0.2, 0) is 9.53 Å². The normalized spacial score (nSPS) is 12.3. The number of hydrogen-bond donors (Lipinski definition) is 0. The van der Waals surface area contributed by atoms with Gasteiger partial charge in [0.05, 0.1) is 23.2 Å². The Balaban J connectivity index is 2.09. The maximum atomic E-state index is 13.2. The second kappa shape index (κ2) is 8.52. The van der Waals surface area contributed by atoms with Crippen molar-refractivity contribution in [3.05, 3.63) is 56.4 Å². The first-order chi connectivity index (χ1) is 13.8. The summed E-state index contributed by atoms with van der Waals surface area (Å²) < 4.78 is 6.61. The van der Waals surface area contributed by atoms with E-state index in [2.05, 4.69) is 4.98 Å². The predicted octanol–water partition coefficient (Wildman–Crippen LogP) is 4.18. The molecule has 0 fully saturated rings. The van der Waals surface area contributed by atoms with Gasteiger partial charge in [0.1, 0.15) is 10.9 Å². The Labute approximate surface area is 170 Å². The highest BCUT2D eigenvalue weighted by Gasteiger charge is 2.24. The fraction of sp³-hybridized carbons (Fsp3) is 0.350. The zero-order valence-electron chi connectivity index (χ0n) is 16.3. The number of rotatable bonds is 7. The van der Waals surface area contributed by atoms with Crippen LogP contribution in [0.3, 0.4) is 0 Å². The summed E-state index contributed by atoms with van der Waals surface area (Å²) in [7, 11) is 0. The van der Waals surface area contributed by atoms with Crippen molar-refractivity contribution in [2.75, 3.05) is 6.61 Å². The van der Waals surface area contributed by atoms with E-state index in [-0.39, 0.29) is 23.8 Å². The minimum Gasteiger partial charge on any atom is -0.464 e. The molecule has 0 radical (unpaired) electrons. The Morgan fingerprint density at radius 2 is 2.14 bits per heavy atom. The highest BCUT2D eigenvalue weighted by atomic mass is 32.1. The van der Waals surface area contributed by atoms with E-state index in [0.717, 1.165) is 0 Å². The van der Waals surface area contributed by atoms with Crippen LogP contribution in [0.5, 0.6) is 0 Å². The number of nitro groups is 1. The maximum Gasteiger partial charge on any atom is 0.329 e. The van der Waals surface area contributed by atoms with Crippen LogP contribution < -0.4 is 5.56 Å². The third-order valence-electron chi connectivity index (χ3n) is 4.44. The highest BCUT2D eigenvalue weighted by molar-refractivity contribution is 7.17. The minimum absolute atomic E-state index is 0.0604. The highest BCUT2D eigenvalue weighted by Crippen LogP contribution is 2.32. The lowest BCUT2D eigenvalue weighted by molar-refractivity contribution is -0.384. The maximum absolute atomic E-state index is 13.2. The van der Waals surface area contributed by atoms with Crippen molar-refractivity contribution in [2.45, 2.75) is 33.2 Å². The van der Waals surface area contributed by atoms with Gasteiger partial charge in [0.25, 0.3) is 11.2 Å². The number of non-ortho nitro benzene ring substituents is 1. The molecule has 8 nitrogen and oxygen atoms in total. The van der Waals surface area contributed by atoms with Gasteiger partial charge in [-0.1, -0.05) is 32.9 Å². The van der Waals surface area contributed by atoms with Crippen LogP contribution in [0.1, 0.15) is 33.2 Å². The van der Waals surface area contributed by atoms with Crippen LogP contribution in [0.15, 0.2) is 40.8 Å². The molecule has 0 saturated heterocycles. The number of carbonyl (C=O) groups excluding carboxylic acids is 1. The molecule has 0 N–H and O–H groups in total. The Hall–Kier alpha value is -3.07. The number of hydrogen-bond acceptors (Lipinski definition) is 7. The standard InChI is InChI=1S/C20H21N3O5S/c1-4-16(20(25)28-9-12(2)3)22-11-21-18-17(19(22)24)15(10-29-18)13-6-5-7-14(8-13)23(26)27/h5-8,10-12,16H,4,9H2,1-3H3/t16-/m1/s1. The lowest BCUT2D eigenvalue weighted by Gasteiger charge is -2.17. The number of ether oxygens (including phenoxy) is 1. The molecule has 1 atom stereocenters. The molecule has 3 aromatic rings. The lowest BCUT2D eigenvalue weighted by Crippen LogP contribution is -2.31. The Morgan fingerprint density at radius 1 is 1.38 bits per heavy atom. The van der Waals surface area contributed by atoms with Gasteiger partial charge in [-0.25, -0.2) is 9.78 Å². The monoisotopic (exact) mass is 415 g/mol. The van der Waals surface area contributed by atoms with Gasteiger partial charge in [0.15, 0.2) is 0 Å². The molecule has 0 bridgehead atoms. The minimum atomic E-state index is -0.781. The van der Waals surface area contributed by atoms with Crippen LogP contribution in [0.25, 0.3) is 21.3 Å². The Morgan fingerprint density at radius 3 is 2.79 bits per heavy atom. The first kappa shape index (κ1) is 20.7. The Kier molecular flexibility index (Phi) is 6.07. The molecule has 0 aliphatic rings. The van der Waals surface area contributed by atoms with Gasteiger partial charge in [0.2, 0.25) is 0 Å². The first-order valence-electron chi connectivity index (χ1n) is 9.23. The fourth-order valence-electron chi connectivity index (χ4n) is 2.99. The van der Waals surface area contributed by atoms with E-state index < -0.39 is 16.9 Å². The molecule has 0 amide bonds. The zero-order valence-corrected chi connectivity index (χ0v) is 17.1. The number of thiophene rings is 1. The van der Waals surface area contributed by atoms with Crippen molar-refractivity contribution >= 4 is 33.2 Å². The van der Waals surface area contributed by atoms with E-state index in [4.69, 9.17) is 4.74 Å². The first-order valence-corrected chi connectivity index (χ1v) is 10.1. The van der Waals surface area contributed by atoms with Crippen molar-refractivity contribution in [1.29, 1.82) is 0 Å². The number of nitrogens with zero attached hydrogens (tertiary/aromatic N) is 3. The SMILES string of the molecule is CC[C@H](C(=O)OCC(C)C)n1cnc2scc(-c3cccc([N+](=O)[O-])c3)c2c1=O. The van der Waals surface area contributed by atoms with Gasteiger partial charge in [0, 0.05) is 23.1 Å². The molecule has 0 aliphatic carbocycles. The molecule has 3 rings (SSSR count). The second-order valence-electron chi connectivity index (χ2n) is 7.04. The quantitative estimate of drug-likeness (QED) is 0.326. The van der Waals surface area contributed by atoms with E-state index in [1.165, 1.54) is 34.4 Å². The molecule has 29 heavy (non-hydrogen) atoms. The average molecular weight is 415 g/mol. The van der Waals surface area contributed by atoms with Crippen molar-refractivity contribution in [2.24, 2.45) is 5.92 Å². The largest absolute Gasteiger partial charge is 0.464 e. The summed E-state index contributed by atoms with van der Waals surface area (Å²) in [6, 6.07) is 5.32. The summed E-state index contributed by atoms with van der Waals surface area (Å²) >= 11 is 1.28. The number of benzene rings is 1. The van der Waals surface area contributed by atoms with E-state index in [1.54, 1.807) is 24.4 Å². The van der Waals surface area contributed by atoms with Gasteiger partial charge in [-0.3, -0.25) is 19.5 Å². The van der Waals surface area contributed by atoms with Crippen LogP contribution in [-0.4, -0.2) is 27.1 Å². The molecule has 9 heteroatoms. The summed E-state index contributed by atoms with van der Waals surface area (Å²) in [5.41, 5.74) is 0.685. The number of fused-ring (bicyclic) bond motifs is 1. The molecule has 0 unspecified atom stereocenters. The van der Waals surface area contributed by atoms with Crippen molar-refractivity contribution in [3.63, 3.8) is 0 Å². The van der Waals surface area contributed by atoms with E-state index in [0.29, 0.717) is 27.8 Å². The molecule has 1 aromatic carbocycles. The van der Waals surface area contributed by atoms with Gasteiger partial charge in [-0.15, -0.1) is 11.3 Å². The summed E-state index contributed by atoms with van der Waals surface area (Å²) in [6.07, 6.45) is 1.74. The predicted molar refractivity (Wildman–Crippen MR) is 111 cm³/mol.